The standard InChI is InChI=1S/C15H14BrClO2S/c1-19-14-8-10(6-7-12(14)17)13(18)9-20-15-5-3-2-4-11(15)16/h2-8,13,18H,9H2,1H3. The number of hydrogen-bond acceptors (Lipinski definition) is 3. The van der Waals surface area contributed by atoms with E-state index in [1.165, 1.54) is 0 Å². The van der Waals surface area contributed by atoms with Crippen molar-refractivity contribution in [2.75, 3.05) is 12.9 Å². The Balaban J connectivity index is 2.05. The average Bonchev–Trinajstić information content (AvgIpc) is 2.46. The van der Waals surface area contributed by atoms with E-state index in [1.807, 2.05) is 30.3 Å². The molecule has 0 aliphatic carbocycles. The molecular formula is C15H14BrClO2S. The maximum atomic E-state index is 10.2. The molecule has 2 nitrogen and oxygen atoms in total. The van der Waals surface area contributed by atoms with Crippen molar-refractivity contribution in [1.29, 1.82) is 0 Å². The smallest absolute Gasteiger partial charge is 0.137 e. The highest BCUT2D eigenvalue weighted by Gasteiger charge is 2.12. The van der Waals surface area contributed by atoms with Gasteiger partial charge in [0.25, 0.3) is 0 Å². The predicted octanol–water partition coefficient (Wildman–Crippen LogP) is 4.94. The van der Waals surface area contributed by atoms with E-state index in [4.69, 9.17) is 16.3 Å². The van der Waals surface area contributed by atoms with Crippen LogP contribution in [0.15, 0.2) is 51.8 Å². The van der Waals surface area contributed by atoms with Crippen LogP contribution in [0.25, 0.3) is 0 Å². The zero-order valence-corrected chi connectivity index (χ0v) is 14.0. The van der Waals surface area contributed by atoms with Gasteiger partial charge in [0.05, 0.1) is 18.2 Å². The molecule has 0 spiro atoms. The first kappa shape index (κ1) is 15.7. The van der Waals surface area contributed by atoms with Crippen molar-refractivity contribution < 1.29 is 9.84 Å². The van der Waals surface area contributed by atoms with Crippen molar-refractivity contribution in [1.82, 2.24) is 0 Å². The lowest BCUT2D eigenvalue weighted by Gasteiger charge is -2.13. The number of rotatable bonds is 5. The Bertz CT molecular complexity index is 592. The van der Waals surface area contributed by atoms with Crippen molar-refractivity contribution >= 4 is 39.3 Å². The molecule has 106 valence electrons. The number of aliphatic hydroxyl groups excluding tert-OH is 1. The van der Waals surface area contributed by atoms with Gasteiger partial charge in [-0.1, -0.05) is 29.8 Å². The van der Waals surface area contributed by atoms with Crippen molar-refractivity contribution in [2.24, 2.45) is 0 Å². The molecule has 2 aromatic carbocycles. The van der Waals surface area contributed by atoms with Crippen LogP contribution < -0.4 is 4.74 Å². The summed E-state index contributed by atoms with van der Waals surface area (Å²) in [5.41, 5.74) is 0.797. The molecule has 0 aliphatic heterocycles. The first-order chi connectivity index (χ1) is 9.61. The molecule has 0 bridgehead atoms. The lowest BCUT2D eigenvalue weighted by atomic mass is 10.1. The molecule has 1 unspecified atom stereocenters. The molecule has 0 aliphatic rings. The molecule has 1 atom stereocenters. The Kier molecular flexibility index (Phi) is 5.78. The van der Waals surface area contributed by atoms with E-state index in [-0.39, 0.29) is 0 Å². The second-order valence-corrected chi connectivity index (χ2v) is 6.47. The molecule has 0 radical (unpaired) electrons. The number of thioether (sulfide) groups is 1. The van der Waals surface area contributed by atoms with Gasteiger partial charge >= 0.3 is 0 Å². The van der Waals surface area contributed by atoms with Gasteiger partial charge in [-0.3, -0.25) is 0 Å². The zero-order chi connectivity index (χ0) is 14.5. The van der Waals surface area contributed by atoms with Crippen LogP contribution in [-0.4, -0.2) is 18.0 Å². The minimum absolute atomic E-state index is 0.543. The molecule has 0 fully saturated rings. The molecule has 20 heavy (non-hydrogen) atoms. The third-order valence-corrected chi connectivity index (χ3v) is 5.21. The van der Waals surface area contributed by atoms with Gasteiger partial charge in [-0.25, -0.2) is 0 Å². The number of benzene rings is 2. The number of hydrogen-bond donors (Lipinski definition) is 1. The molecule has 0 saturated heterocycles. The van der Waals surface area contributed by atoms with Crippen LogP contribution in [0.2, 0.25) is 5.02 Å². The number of aliphatic hydroxyl groups is 1. The SMILES string of the molecule is COc1cc(C(O)CSc2ccccc2Br)ccc1Cl. The second kappa shape index (κ2) is 7.36. The minimum Gasteiger partial charge on any atom is -0.495 e. The Morgan fingerprint density at radius 2 is 2.05 bits per heavy atom. The van der Waals surface area contributed by atoms with Crippen molar-refractivity contribution in [2.45, 2.75) is 11.0 Å². The summed E-state index contributed by atoms with van der Waals surface area (Å²) in [5, 5.41) is 10.8. The maximum absolute atomic E-state index is 10.2. The summed E-state index contributed by atoms with van der Waals surface area (Å²) in [6.45, 7) is 0. The van der Waals surface area contributed by atoms with E-state index in [0.29, 0.717) is 16.5 Å². The molecule has 0 saturated carbocycles. The molecule has 2 aromatic rings. The summed E-state index contributed by atoms with van der Waals surface area (Å²) in [6.07, 6.45) is -0.571. The van der Waals surface area contributed by atoms with Crippen LogP contribution in [-0.2, 0) is 0 Å². The van der Waals surface area contributed by atoms with Crippen molar-refractivity contribution in [3.05, 3.63) is 57.5 Å². The monoisotopic (exact) mass is 372 g/mol. The Morgan fingerprint density at radius 1 is 1.30 bits per heavy atom. The molecule has 0 amide bonds. The van der Waals surface area contributed by atoms with Gasteiger partial charge in [0.2, 0.25) is 0 Å². The Hall–Kier alpha value is -0.680. The van der Waals surface area contributed by atoms with E-state index in [1.54, 1.807) is 31.0 Å². The molecule has 2 rings (SSSR count). The van der Waals surface area contributed by atoms with Gasteiger partial charge in [0, 0.05) is 15.1 Å². The highest BCUT2D eigenvalue weighted by atomic mass is 79.9. The fourth-order valence-corrected chi connectivity index (χ4v) is 3.44. The van der Waals surface area contributed by atoms with Crippen molar-refractivity contribution in [3.63, 3.8) is 0 Å². The second-order valence-electron chi connectivity index (χ2n) is 4.15. The van der Waals surface area contributed by atoms with Crippen LogP contribution >= 0.6 is 39.3 Å². The molecule has 0 heterocycles. The summed E-state index contributed by atoms with van der Waals surface area (Å²) < 4.78 is 6.19. The van der Waals surface area contributed by atoms with Crippen LogP contribution in [0, 0.1) is 0 Å². The summed E-state index contributed by atoms with van der Waals surface area (Å²) in [7, 11) is 1.56. The summed E-state index contributed by atoms with van der Waals surface area (Å²) in [6, 6.07) is 13.3. The minimum atomic E-state index is -0.571. The number of halogens is 2. The quantitative estimate of drug-likeness (QED) is 0.753. The summed E-state index contributed by atoms with van der Waals surface area (Å²) in [5.74, 6) is 1.14. The molecule has 0 aromatic heterocycles. The van der Waals surface area contributed by atoms with Gasteiger partial charge in [-0.15, -0.1) is 11.8 Å². The third kappa shape index (κ3) is 3.92. The normalized spacial score (nSPS) is 12.2. The lowest BCUT2D eigenvalue weighted by molar-refractivity contribution is 0.203. The fraction of sp³-hybridized carbons (Fsp3) is 0.200. The van der Waals surface area contributed by atoms with E-state index in [9.17, 15) is 5.11 Å². The Morgan fingerprint density at radius 3 is 2.75 bits per heavy atom. The van der Waals surface area contributed by atoms with E-state index >= 15 is 0 Å². The van der Waals surface area contributed by atoms with Crippen LogP contribution in [0.4, 0.5) is 0 Å². The predicted molar refractivity (Wildman–Crippen MR) is 87.8 cm³/mol. The fourth-order valence-electron chi connectivity index (χ4n) is 1.71. The van der Waals surface area contributed by atoms with Gasteiger partial charge in [-0.05, 0) is 45.8 Å². The van der Waals surface area contributed by atoms with Crippen molar-refractivity contribution in [3.8, 4) is 5.75 Å². The number of methoxy groups -OCH3 is 1. The van der Waals surface area contributed by atoms with E-state index in [2.05, 4.69) is 15.9 Å². The lowest BCUT2D eigenvalue weighted by Crippen LogP contribution is -2.01. The van der Waals surface area contributed by atoms with E-state index < -0.39 is 6.10 Å². The highest BCUT2D eigenvalue weighted by Crippen LogP contribution is 2.32. The van der Waals surface area contributed by atoms with Crippen LogP contribution in [0.3, 0.4) is 0 Å². The highest BCUT2D eigenvalue weighted by molar-refractivity contribution is 9.10. The summed E-state index contributed by atoms with van der Waals surface area (Å²) >= 11 is 11.1. The van der Waals surface area contributed by atoms with Crippen LogP contribution in [0.1, 0.15) is 11.7 Å². The van der Waals surface area contributed by atoms with Gasteiger partial charge in [0.1, 0.15) is 5.75 Å². The topological polar surface area (TPSA) is 29.5 Å². The number of ether oxygens (including phenoxy) is 1. The van der Waals surface area contributed by atoms with Gasteiger partial charge in [-0.2, -0.15) is 0 Å². The zero-order valence-electron chi connectivity index (χ0n) is 10.8. The molecule has 5 heteroatoms. The van der Waals surface area contributed by atoms with Gasteiger partial charge in [0.15, 0.2) is 0 Å². The average molecular weight is 374 g/mol. The van der Waals surface area contributed by atoms with E-state index in [0.717, 1.165) is 14.9 Å². The maximum Gasteiger partial charge on any atom is 0.137 e. The van der Waals surface area contributed by atoms with Gasteiger partial charge < -0.3 is 9.84 Å². The van der Waals surface area contributed by atoms with Crippen LogP contribution in [0.5, 0.6) is 5.75 Å². The molecular weight excluding hydrogens is 360 g/mol. The first-order valence-corrected chi connectivity index (χ1v) is 8.16. The largest absolute Gasteiger partial charge is 0.495 e. The molecule has 1 N–H and O–H groups in total. The Labute approximate surface area is 136 Å². The first-order valence-electron chi connectivity index (χ1n) is 6.00. The summed E-state index contributed by atoms with van der Waals surface area (Å²) in [4.78, 5) is 1.10. The third-order valence-electron chi connectivity index (χ3n) is 2.79.